The maximum absolute atomic E-state index is 8.51. The third kappa shape index (κ3) is 2.10. The second-order valence-corrected chi connectivity index (χ2v) is 3.22. The number of hydrogen-bond donors (Lipinski definition) is 2. The van der Waals surface area contributed by atoms with Crippen molar-refractivity contribution in [1.29, 1.82) is 0 Å². The first-order valence-electron chi connectivity index (χ1n) is 4.55. The van der Waals surface area contributed by atoms with Gasteiger partial charge in [0.15, 0.2) is 0 Å². The van der Waals surface area contributed by atoms with E-state index in [2.05, 4.69) is 5.48 Å². The van der Waals surface area contributed by atoms with E-state index in [1.165, 1.54) is 0 Å². The molecule has 0 bridgehead atoms. The van der Waals surface area contributed by atoms with Gasteiger partial charge in [0.2, 0.25) is 0 Å². The van der Waals surface area contributed by atoms with Crippen molar-refractivity contribution in [3.63, 3.8) is 0 Å². The Bertz CT molecular complexity index is 280. The lowest BCUT2D eigenvalue weighted by Crippen LogP contribution is -2.06. The minimum Gasteiger partial charge on any atom is -0.352 e. The average molecular weight is 195 g/mol. The van der Waals surface area contributed by atoms with E-state index in [4.69, 9.17) is 14.7 Å². The van der Waals surface area contributed by atoms with Crippen LogP contribution in [0.25, 0.3) is 0 Å². The third-order valence-electron chi connectivity index (χ3n) is 2.26. The van der Waals surface area contributed by atoms with Crippen molar-refractivity contribution < 1.29 is 14.7 Å². The minimum atomic E-state index is 0.0612. The van der Waals surface area contributed by atoms with E-state index in [0.29, 0.717) is 19.9 Å². The van der Waals surface area contributed by atoms with Gasteiger partial charge in [-0.25, -0.2) is 5.48 Å². The van der Waals surface area contributed by atoms with E-state index in [1.54, 1.807) is 0 Å². The fraction of sp³-hybridized carbons (Fsp3) is 0.400. The molecule has 76 valence electrons. The molecule has 0 amide bonds. The standard InChI is InChI=1S/C10H13NO3/c12-11-5-8-1-3-9(4-2-8)10-6-13-7-14-10/h1-4,10-12H,5-7H2. The Morgan fingerprint density at radius 1 is 1.36 bits per heavy atom. The molecular formula is C10H13NO3. The van der Waals surface area contributed by atoms with Gasteiger partial charge >= 0.3 is 0 Å². The summed E-state index contributed by atoms with van der Waals surface area (Å²) >= 11 is 0. The molecule has 0 radical (unpaired) electrons. The van der Waals surface area contributed by atoms with Crippen LogP contribution in [0.3, 0.4) is 0 Å². The molecule has 0 aromatic heterocycles. The molecule has 0 aliphatic carbocycles. The molecule has 2 N–H and O–H groups in total. The molecule has 1 atom stereocenters. The SMILES string of the molecule is ONCc1ccc(C2COCO2)cc1. The lowest BCUT2D eigenvalue weighted by molar-refractivity contribution is 0.0466. The first-order valence-corrected chi connectivity index (χ1v) is 4.55. The third-order valence-corrected chi connectivity index (χ3v) is 2.26. The second-order valence-electron chi connectivity index (χ2n) is 3.22. The largest absolute Gasteiger partial charge is 0.352 e. The second kappa shape index (κ2) is 4.52. The van der Waals surface area contributed by atoms with Gasteiger partial charge < -0.3 is 14.7 Å². The van der Waals surface area contributed by atoms with Gasteiger partial charge in [-0.15, -0.1) is 0 Å². The number of hydrogen-bond acceptors (Lipinski definition) is 4. The Balaban J connectivity index is 2.05. The zero-order chi connectivity index (χ0) is 9.80. The summed E-state index contributed by atoms with van der Waals surface area (Å²) in [7, 11) is 0. The molecule has 14 heavy (non-hydrogen) atoms. The molecule has 4 nitrogen and oxygen atoms in total. The van der Waals surface area contributed by atoms with Crippen molar-refractivity contribution in [3.8, 4) is 0 Å². The Morgan fingerprint density at radius 2 is 2.14 bits per heavy atom. The van der Waals surface area contributed by atoms with E-state index in [9.17, 15) is 0 Å². The Kier molecular flexibility index (Phi) is 3.10. The highest BCUT2D eigenvalue weighted by Gasteiger charge is 2.17. The lowest BCUT2D eigenvalue weighted by atomic mass is 10.1. The monoisotopic (exact) mass is 195 g/mol. The molecule has 4 heteroatoms. The average Bonchev–Trinajstić information content (AvgIpc) is 2.72. The molecule has 1 heterocycles. The molecule has 1 aromatic carbocycles. The van der Waals surface area contributed by atoms with Crippen molar-refractivity contribution in [2.24, 2.45) is 0 Å². The van der Waals surface area contributed by atoms with Crippen molar-refractivity contribution in [2.45, 2.75) is 12.6 Å². The van der Waals surface area contributed by atoms with Crippen molar-refractivity contribution >= 4 is 0 Å². The van der Waals surface area contributed by atoms with Crippen LogP contribution in [0.5, 0.6) is 0 Å². The van der Waals surface area contributed by atoms with Gasteiger partial charge in [0, 0.05) is 6.54 Å². The molecule has 1 aliphatic rings. The molecule has 1 fully saturated rings. The number of benzene rings is 1. The fourth-order valence-corrected chi connectivity index (χ4v) is 1.47. The summed E-state index contributed by atoms with van der Waals surface area (Å²) in [5.41, 5.74) is 4.27. The number of ether oxygens (including phenoxy) is 2. The van der Waals surface area contributed by atoms with Crippen LogP contribution < -0.4 is 5.48 Å². The minimum absolute atomic E-state index is 0.0612. The highest BCUT2D eigenvalue weighted by Crippen LogP contribution is 2.22. The van der Waals surface area contributed by atoms with Gasteiger partial charge in [0.25, 0.3) is 0 Å². The summed E-state index contributed by atoms with van der Waals surface area (Å²) in [4.78, 5) is 0. The number of nitrogens with one attached hydrogen (secondary N) is 1. The van der Waals surface area contributed by atoms with Crippen LogP contribution >= 0.6 is 0 Å². The highest BCUT2D eigenvalue weighted by molar-refractivity contribution is 5.24. The van der Waals surface area contributed by atoms with E-state index >= 15 is 0 Å². The quantitative estimate of drug-likeness (QED) is 0.712. The van der Waals surface area contributed by atoms with E-state index < -0.39 is 0 Å². The molecule has 1 aliphatic heterocycles. The van der Waals surface area contributed by atoms with E-state index in [0.717, 1.165) is 11.1 Å². The van der Waals surface area contributed by atoms with Crippen LogP contribution in [0.1, 0.15) is 17.2 Å². The summed E-state index contributed by atoms with van der Waals surface area (Å²) in [6.07, 6.45) is 0.0612. The van der Waals surface area contributed by atoms with Crippen LogP contribution in [0, 0.1) is 0 Å². The van der Waals surface area contributed by atoms with Crippen LogP contribution in [0.15, 0.2) is 24.3 Å². The number of rotatable bonds is 3. The zero-order valence-electron chi connectivity index (χ0n) is 7.77. The fourth-order valence-electron chi connectivity index (χ4n) is 1.47. The Morgan fingerprint density at radius 3 is 2.71 bits per heavy atom. The predicted molar refractivity (Wildman–Crippen MR) is 49.7 cm³/mol. The normalized spacial score (nSPS) is 21.4. The van der Waals surface area contributed by atoms with Gasteiger partial charge in [-0.2, -0.15) is 0 Å². The molecule has 0 spiro atoms. The summed E-state index contributed by atoms with van der Waals surface area (Å²) in [5.74, 6) is 0. The van der Waals surface area contributed by atoms with Gasteiger partial charge in [0.05, 0.1) is 6.61 Å². The molecular weight excluding hydrogens is 182 g/mol. The van der Waals surface area contributed by atoms with Crippen LogP contribution in [-0.2, 0) is 16.0 Å². The maximum Gasteiger partial charge on any atom is 0.147 e. The van der Waals surface area contributed by atoms with Crippen molar-refractivity contribution in [3.05, 3.63) is 35.4 Å². The highest BCUT2D eigenvalue weighted by atomic mass is 16.7. The molecule has 1 aromatic rings. The summed E-state index contributed by atoms with van der Waals surface area (Å²) in [6, 6.07) is 7.90. The number of hydroxylamine groups is 1. The maximum atomic E-state index is 8.51. The van der Waals surface area contributed by atoms with E-state index in [1.807, 2.05) is 24.3 Å². The van der Waals surface area contributed by atoms with Gasteiger partial charge in [-0.3, -0.25) is 0 Å². The Hall–Kier alpha value is -0.940. The molecule has 1 unspecified atom stereocenters. The zero-order valence-corrected chi connectivity index (χ0v) is 7.77. The molecule has 1 saturated heterocycles. The summed E-state index contributed by atoms with van der Waals surface area (Å²) in [5, 5.41) is 8.51. The Labute approximate surface area is 82.4 Å². The topological polar surface area (TPSA) is 50.7 Å². The molecule has 0 saturated carbocycles. The lowest BCUT2D eigenvalue weighted by Gasteiger charge is -2.08. The van der Waals surface area contributed by atoms with Crippen LogP contribution in [0.4, 0.5) is 0 Å². The van der Waals surface area contributed by atoms with Gasteiger partial charge in [-0.05, 0) is 11.1 Å². The summed E-state index contributed by atoms with van der Waals surface area (Å²) < 4.78 is 10.5. The van der Waals surface area contributed by atoms with Crippen LogP contribution in [-0.4, -0.2) is 18.6 Å². The van der Waals surface area contributed by atoms with Gasteiger partial charge in [0.1, 0.15) is 12.9 Å². The summed E-state index contributed by atoms with van der Waals surface area (Å²) in [6.45, 7) is 1.46. The van der Waals surface area contributed by atoms with Crippen LogP contribution in [0.2, 0.25) is 0 Å². The first kappa shape index (κ1) is 9.61. The smallest absolute Gasteiger partial charge is 0.147 e. The van der Waals surface area contributed by atoms with Crippen molar-refractivity contribution in [2.75, 3.05) is 13.4 Å². The first-order chi connectivity index (χ1) is 6.90. The molecule has 2 rings (SSSR count). The van der Waals surface area contributed by atoms with Crippen molar-refractivity contribution in [1.82, 2.24) is 5.48 Å². The van der Waals surface area contributed by atoms with Gasteiger partial charge in [-0.1, -0.05) is 24.3 Å². The van der Waals surface area contributed by atoms with E-state index in [-0.39, 0.29) is 6.10 Å². The predicted octanol–water partition coefficient (Wildman–Crippen LogP) is 1.21.